The highest BCUT2D eigenvalue weighted by Crippen LogP contribution is 2.27. The van der Waals surface area contributed by atoms with Gasteiger partial charge in [-0.15, -0.1) is 0 Å². The first-order valence-corrected chi connectivity index (χ1v) is 10.4. The number of carbonyl (C=O) groups is 2. The molecule has 31 heavy (non-hydrogen) atoms. The fourth-order valence-electron chi connectivity index (χ4n) is 2.27. The topological polar surface area (TPSA) is 88.7 Å². The molecule has 0 aliphatic carbocycles. The molecule has 0 saturated carbocycles. The molecule has 164 valence electrons. The fourth-order valence-corrected chi connectivity index (χ4v) is 2.90. The lowest BCUT2D eigenvalue weighted by molar-refractivity contribution is -0.119. The van der Waals surface area contributed by atoms with Crippen LogP contribution in [0.5, 0.6) is 11.5 Å². The summed E-state index contributed by atoms with van der Waals surface area (Å²) in [6, 6.07) is 11.4. The third-order valence-electron chi connectivity index (χ3n) is 3.73. The molecule has 3 N–H and O–H groups in total. The zero-order chi connectivity index (χ0) is 22.6. The summed E-state index contributed by atoms with van der Waals surface area (Å²) >= 11 is 16.8. The molecule has 10 heteroatoms. The quantitative estimate of drug-likeness (QED) is 0.216. The van der Waals surface area contributed by atoms with Crippen molar-refractivity contribution >= 4 is 52.3 Å². The Morgan fingerprint density at radius 2 is 1.81 bits per heavy atom. The van der Waals surface area contributed by atoms with Crippen LogP contribution in [0.2, 0.25) is 10.0 Å². The molecule has 7 nitrogen and oxygen atoms in total. The summed E-state index contributed by atoms with van der Waals surface area (Å²) in [7, 11) is 0. The van der Waals surface area contributed by atoms with Crippen LogP contribution in [0, 0.1) is 0 Å². The number of ether oxygens (including phenoxy) is 2. The van der Waals surface area contributed by atoms with Crippen LogP contribution in [-0.4, -0.2) is 30.1 Å². The second-order valence-electron chi connectivity index (χ2n) is 6.11. The van der Waals surface area contributed by atoms with E-state index in [0.717, 1.165) is 0 Å². The van der Waals surface area contributed by atoms with Gasteiger partial charge in [0.1, 0.15) is 18.1 Å². The second-order valence-corrected chi connectivity index (χ2v) is 7.36. The molecule has 0 radical (unpaired) electrons. The van der Waals surface area contributed by atoms with Crippen molar-refractivity contribution in [2.45, 2.75) is 12.8 Å². The molecule has 2 aromatic carbocycles. The van der Waals surface area contributed by atoms with Gasteiger partial charge in [-0.2, -0.15) is 0 Å². The van der Waals surface area contributed by atoms with Crippen molar-refractivity contribution in [3.8, 4) is 11.5 Å². The number of carbonyl (C=O) groups excluding carboxylic acids is 2. The molecule has 0 aliphatic heterocycles. The summed E-state index contributed by atoms with van der Waals surface area (Å²) in [5, 5.41) is 3.37. The number of hydrogen-bond acceptors (Lipinski definition) is 5. The van der Waals surface area contributed by atoms with Crippen LogP contribution < -0.4 is 25.6 Å². The Bertz CT molecular complexity index is 939. The lowest BCUT2D eigenvalue weighted by Crippen LogP contribution is -2.48. The number of rotatable bonds is 9. The minimum Gasteiger partial charge on any atom is -0.492 e. The Morgan fingerprint density at radius 3 is 2.48 bits per heavy atom. The van der Waals surface area contributed by atoms with Gasteiger partial charge in [-0.1, -0.05) is 35.9 Å². The van der Waals surface area contributed by atoms with Crippen LogP contribution in [0.15, 0.2) is 55.1 Å². The van der Waals surface area contributed by atoms with E-state index in [1.165, 1.54) is 0 Å². The summed E-state index contributed by atoms with van der Waals surface area (Å²) in [6.45, 7) is 4.23. The minimum atomic E-state index is -0.417. The van der Waals surface area contributed by atoms with Crippen LogP contribution in [-0.2, 0) is 4.79 Å². The number of halogens is 2. The van der Waals surface area contributed by atoms with Gasteiger partial charge in [-0.3, -0.25) is 20.4 Å². The predicted octanol–water partition coefficient (Wildman–Crippen LogP) is 4.05. The van der Waals surface area contributed by atoms with Gasteiger partial charge in [0.25, 0.3) is 5.91 Å². The van der Waals surface area contributed by atoms with Gasteiger partial charge in [0.05, 0.1) is 11.6 Å². The average molecular weight is 482 g/mol. The van der Waals surface area contributed by atoms with Gasteiger partial charge in [0.2, 0.25) is 5.91 Å². The van der Waals surface area contributed by atoms with Gasteiger partial charge < -0.3 is 14.8 Å². The predicted molar refractivity (Wildman–Crippen MR) is 125 cm³/mol. The Kier molecular flexibility index (Phi) is 10.1. The van der Waals surface area contributed by atoms with Gasteiger partial charge in [0.15, 0.2) is 5.11 Å². The Labute approximate surface area is 195 Å². The van der Waals surface area contributed by atoms with Gasteiger partial charge in [-0.05, 0) is 61.1 Å². The zero-order valence-electron chi connectivity index (χ0n) is 16.5. The molecule has 0 fully saturated rings. The van der Waals surface area contributed by atoms with Crippen molar-refractivity contribution in [3.63, 3.8) is 0 Å². The van der Waals surface area contributed by atoms with Crippen molar-refractivity contribution < 1.29 is 19.1 Å². The Hall–Kier alpha value is -2.81. The number of benzene rings is 2. The van der Waals surface area contributed by atoms with E-state index in [1.54, 1.807) is 48.5 Å². The molecule has 0 saturated heterocycles. The number of thiocarbonyl (C=S) groups is 1. The van der Waals surface area contributed by atoms with Crippen LogP contribution in [0.25, 0.3) is 0 Å². The Morgan fingerprint density at radius 1 is 1.06 bits per heavy atom. The van der Waals surface area contributed by atoms with Gasteiger partial charge >= 0.3 is 0 Å². The molecule has 2 aromatic rings. The van der Waals surface area contributed by atoms with Crippen LogP contribution in [0.3, 0.4) is 0 Å². The minimum absolute atomic E-state index is 0.0223. The standard InChI is InChI=1S/C21H21Cl2N3O4S/c1-2-11-29-16-8-5-14(6-9-16)20(28)25-26-21(31)24-19(27)4-3-12-30-18-10-7-15(22)13-17(18)23/h2,5-10,13H,1,3-4,11-12H2,(H,25,28)(H2,24,26,27,31). The lowest BCUT2D eigenvalue weighted by Gasteiger charge is -2.11. The zero-order valence-corrected chi connectivity index (χ0v) is 18.8. The van der Waals surface area contributed by atoms with E-state index in [-0.39, 0.29) is 24.0 Å². The van der Waals surface area contributed by atoms with Gasteiger partial charge in [-0.25, -0.2) is 0 Å². The first-order chi connectivity index (χ1) is 14.9. The highest BCUT2D eigenvalue weighted by molar-refractivity contribution is 7.80. The van der Waals surface area contributed by atoms with Crippen molar-refractivity contribution in [1.29, 1.82) is 0 Å². The SMILES string of the molecule is C=CCOc1ccc(C(=O)NNC(=S)NC(=O)CCCOc2ccc(Cl)cc2Cl)cc1. The number of nitrogens with one attached hydrogen (secondary N) is 3. The van der Waals surface area contributed by atoms with E-state index in [9.17, 15) is 9.59 Å². The molecule has 0 spiro atoms. The number of hydrazine groups is 1. The third-order valence-corrected chi connectivity index (χ3v) is 4.46. The number of hydrogen-bond donors (Lipinski definition) is 3. The molecule has 0 bridgehead atoms. The van der Waals surface area contributed by atoms with E-state index < -0.39 is 5.91 Å². The summed E-state index contributed by atoms with van der Waals surface area (Å²) in [5.41, 5.74) is 5.29. The van der Waals surface area contributed by atoms with Crippen molar-refractivity contribution in [2.75, 3.05) is 13.2 Å². The highest BCUT2D eigenvalue weighted by atomic mass is 35.5. The van der Waals surface area contributed by atoms with Crippen molar-refractivity contribution in [3.05, 3.63) is 70.7 Å². The summed E-state index contributed by atoms with van der Waals surface area (Å²) in [4.78, 5) is 24.1. The largest absolute Gasteiger partial charge is 0.492 e. The molecule has 2 rings (SSSR count). The maximum atomic E-state index is 12.1. The van der Waals surface area contributed by atoms with Crippen LogP contribution in [0.4, 0.5) is 0 Å². The molecule has 0 aromatic heterocycles. The summed E-state index contributed by atoms with van der Waals surface area (Å²) < 4.78 is 10.9. The van der Waals surface area contributed by atoms with E-state index in [2.05, 4.69) is 22.7 Å². The first-order valence-electron chi connectivity index (χ1n) is 9.21. The summed E-state index contributed by atoms with van der Waals surface area (Å²) in [6.07, 6.45) is 2.25. The molecular weight excluding hydrogens is 461 g/mol. The van der Waals surface area contributed by atoms with Crippen molar-refractivity contribution in [1.82, 2.24) is 16.2 Å². The second kappa shape index (κ2) is 12.8. The molecule has 0 atom stereocenters. The van der Waals surface area contributed by atoms with E-state index in [4.69, 9.17) is 44.9 Å². The Balaban J connectivity index is 1.65. The molecule has 0 heterocycles. The maximum Gasteiger partial charge on any atom is 0.269 e. The molecular formula is C21H21Cl2N3O4S. The number of amides is 2. The highest BCUT2D eigenvalue weighted by Gasteiger charge is 2.09. The van der Waals surface area contributed by atoms with Crippen LogP contribution in [0.1, 0.15) is 23.2 Å². The average Bonchev–Trinajstić information content (AvgIpc) is 2.75. The van der Waals surface area contributed by atoms with E-state index in [1.807, 2.05) is 0 Å². The monoisotopic (exact) mass is 481 g/mol. The molecule has 0 aliphatic rings. The third kappa shape index (κ3) is 8.84. The molecule has 2 amide bonds. The van der Waals surface area contributed by atoms with E-state index >= 15 is 0 Å². The summed E-state index contributed by atoms with van der Waals surface area (Å²) in [5.74, 6) is 0.377. The normalized spacial score (nSPS) is 10.0. The van der Waals surface area contributed by atoms with Crippen molar-refractivity contribution in [2.24, 2.45) is 0 Å². The smallest absolute Gasteiger partial charge is 0.269 e. The molecule has 0 unspecified atom stereocenters. The first kappa shape index (κ1) is 24.5. The lowest BCUT2D eigenvalue weighted by atomic mass is 10.2. The van der Waals surface area contributed by atoms with Crippen LogP contribution >= 0.6 is 35.4 Å². The van der Waals surface area contributed by atoms with Gasteiger partial charge in [0, 0.05) is 17.0 Å². The fraction of sp³-hybridized carbons (Fsp3) is 0.190. The maximum absolute atomic E-state index is 12.1. The van der Waals surface area contributed by atoms with E-state index in [0.29, 0.717) is 40.1 Å².